The molecule has 16 heavy (non-hydrogen) atoms. The van der Waals surface area contributed by atoms with Crippen LogP contribution in [0.5, 0.6) is 0 Å². The van der Waals surface area contributed by atoms with Crippen molar-refractivity contribution in [2.75, 3.05) is 0 Å². The van der Waals surface area contributed by atoms with E-state index in [2.05, 4.69) is 19.8 Å². The number of aromatic nitrogens is 4. The van der Waals surface area contributed by atoms with Crippen LogP contribution >= 0.6 is 23.1 Å². The Morgan fingerprint density at radius 3 is 2.50 bits per heavy atom. The van der Waals surface area contributed by atoms with E-state index in [9.17, 15) is 0 Å². The van der Waals surface area contributed by atoms with Gasteiger partial charge in [0.25, 0.3) is 5.89 Å². The molecule has 1 atom stereocenters. The minimum absolute atomic E-state index is 0.275. The summed E-state index contributed by atoms with van der Waals surface area (Å²) in [6, 6.07) is 0. The average Bonchev–Trinajstić information content (AvgIpc) is 2.86. The molecule has 0 aliphatic carbocycles. The second kappa shape index (κ2) is 4.47. The lowest BCUT2D eigenvalue weighted by atomic mass is 10.1. The fourth-order valence-electron chi connectivity index (χ4n) is 1.21. The van der Waals surface area contributed by atoms with Crippen LogP contribution in [-0.2, 0) is 0 Å². The van der Waals surface area contributed by atoms with Gasteiger partial charge in [0.1, 0.15) is 10.3 Å². The first-order valence-electron chi connectivity index (χ1n) is 4.89. The smallest absolute Gasteiger partial charge is 0.261 e. The van der Waals surface area contributed by atoms with Crippen LogP contribution in [0.3, 0.4) is 0 Å². The third-order valence-corrected chi connectivity index (χ3v) is 2.95. The predicted octanol–water partition coefficient (Wildman–Crippen LogP) is 3.01. The Balaban J connectivity index is 2.39. The molecule has 86 valence electrons. The van der Waals surface area contributed by atoms with E-state index in [1.807, 2.05) is 13.8 Å². The molecule has 2 rings (SSSR count). The molecular weight excluding hydrogens is 248 g/mol. The number of halogens is 1. The molecule has 2 aromatic heterocycles. The number of nitrogens with zero attached hydrogens (tertiary/aromatic N) is 4. The largest absolute Gasteiger partial charge is 0.418 e. The molecule has 2 heterocycles. The first-order valence-corrected chi connectivity index (χ1v) is 6.10. The quantitative estimate of drug-likeness (QED) is 0.792. The van der Waals surface area contributed by atoms with Gasteiger partial charge in [-0.1, -0.05) is 18.3 Å². The van der Waals surface area contributed by atoms with E-state index in [1.165, 1.54) is 11.5 Å². The van der Waals surface area contributed by atoms with Crippen molar-refractivity contribution in [1.82, 2.24) is 19.8 Å². The topological polar surface area (TPSA) is 64.7 Å². The van der Waals surface area contributed by atoms with Gasteiger partial charge in [0, 0.05) is 0 Å². The Morgan fingerprint density at radius 1 is 1.19 bits per heavy atom. The average molecular weight is 259 g/mol. The number of hydrogen-bond donors (Lipinski definition) is 0. The first kappa shape index (κ1) is 11.5. The zero-order valence-electron chi connectivity index (χ0n) is 9.14. The summed E-state index contributed by atoms with van der Waals surface area (Å²) in [5, 5.41) is 11.6. The van der Waals surface area contributed by atoms with Gasteiger partial charge in [-0.2, -0.15) is 0 Å². The highest BCUT2D eigenvalue weighted by molar-refractivity contribution is 7.09. The molecular formula is C9H11ClN4OS. The molecule has 7 heteroatoms. The van der Waals surface area contributed by atoms with E-state index in [1.54, 1.807) is 6.92 Å². The summed E-state index contributed by atoms with van der Waals surface area (Å²) in [6.07, 6.45) is 0. The molecule has 0 fully saturated rings. The predicted molar refractivity (Wildman–Crippen MR) is 61.6 cm³/mol. The molecule has 0 bridgehead atoms. The van der Waals surface area contributed by atoms with Crippen molar-refractivity contribution in [2.45, 2.75) is 32.1 Å². The van der Waals surface area contributed by atoms with Crippen molar-refractivity contribution in [2.24, 2.45) is 0 Å². The van der Waals surface area contributed by atoms with Gasteiger partial charge in [0.2, 0.25) is 5.89 Å². The summed E-state index contributed by atoms with van der Waals surface area (Å²) in [5.74, 6) is 1.14. The summed E-state index contributed by atoms with van der Waals surface area (Å²) in [4.78, 5) is 0.825. The SMILES string of the molecule is CC(C)c1nnsc1-c1nnc(C(C)Cl)o1. The lowest BCUT2D eigenvalue weighted by Gasteiger charge is -1.99. The van der Waals surface area contributed by atoms with Crippen molar-refractivity contribution in [1.29, 1.82) is 0 Å². The fourth-order valence-corrected chi connectivity index (χ4v) is 2.04. The maximum absolute atomic E-state index is 5.86. The van der Waals surface area contributed by atoms with Gasteiger partial charge in [-0.15, -0.1) is 26.9 Å². The highest BCUT2D eigenvalue weighted by atomic mass is 35.5. The number of hydrogen-bond acceptors (Lipinski definition) is 6. The zero-order chi connectivity index (χ0) is 11.7. The second-order valence-corrected chi connectivity index (χ2v) is 5.11. The lowest BCUT2D eigenvalue weighted by molar-refractivity contribution is 0.507. The molecule has 0 aliphatic heterocycles. The van der Waals surface area contributed by atoms with E-state index in [0.717, 1.165) is 10.6 Å². The maximum Gasteiger partial charge on any atom is 0.261 e. The minimum atomic E-state index is -0.287. The molecule has 0 aliphatic rings. The molecule has 5 nitrogen and oxygen atoms in total. The van der Waals surface area contributed by atoms with Crippen molar-refractivity contribution in [3.05, 3.63) is 11.6 Å². The molecule has 0 saturated carbocycles. The first-order chi connectivity index (χ1) is 7.59. The molecule has 0 spiro atoms. The monoisotopic (exact) mass is 258 g/mol. The third kappa shape index (κ3) is 2.08. The van der Waals surface area contributed by atoms with E-state index in [0.29, 0.717) is 11.8 Å². The highest BCUT2D eigenvalue weighted by Crippen LogP contribution is 2.31. The Morgan fingerprint density at radius 2 is 1.94 bits per heavy atom. The van der Waals surface area contributed by atoms with Gasteiger partial charge in [0.05, 0.1) is 5.69 Å². The van der Waals surface area contributed by atoms with Crippen LogP contribution in [-0.4, -0.2) is 19.8 Å². The molecule has 2 aromatic rings. The summed E-state index contributed by atoms with van der Waals surface area (Å²) in [5.41, 5.74) is 0.877. The van der Waals surface area contributed by atoms with Crippen LogP contribution in [0.4, 0.5) is 0 Å². The third-order valence-electron chi connectivity index (χ3n) is 2.04. The summed E-state index contributed by atoms with van der Waals surface area (Å²) in [6.45, 7) is 5.87. The summed E-state index contributed by atoms with van der Waals surface area (Å²) in [7, 11) is 0. The molecule has 0 amide bonds. The van der Waals surface area contributed by atoms with E-state index in [-0.39, 0.29) is 11.3 Å². The van der Waals surface area contributed by atoms with Gasteiger partial charge in [-0.3, -0.25) is 0 Å². The molecule has 0 saturated heterocycles. The standard InChI is InChI=1S/C9H11ClN4OS/c1-4(2)6-7(16-14-11-6)9-13-12-8(15-9)5(3)10/h4-5H,1-3H3. The van der Waals surface area contributed by atoms with Gasteiger partial charge < -0.3 is 4.42 Å². The second-order valence-electron chi connectivity index (χ2n) is 3.70. The van der Waals surface area contributed by atoms with Gasteiger partial charge in [-0.25, -0.2) is 0 Å². The Labute approximate surface area is 102 Å². The van der Waals surface area contributed by atoms with E-state index in [4.69, 9.17) is 16.0 Å². The van der Waals surface area contributed by atoms with Crippen LogP contribution in [0.1, 0.15) is 43.7 Å². The summed E-state index contributed by atoms with van der Waals surface area (Å²) >= 11 is 7.11. The zero-order valence-corrected chi connectivity index (χ0v) is 10.7. The molecule has 0 radical (unpaired) electrons. The van der Waals surface area contributed by atoms with Crippen LogP contribution in [0.25, 0.3) is 10.8 Å². The van der Waals surface area contributed by atoms with Crippen molar-refractivity contribution >= 4 is 23.1 Å². The van der Waals surface area contributed by atoms with Crippen LogP contribution in [0.2, 0.25) is 0 Å². The summed E-state index contributed by atoms with van der Waals surface area (Å²) < 4.78 is 9.36. The fraction of sp³-hybridized carbons (Fsp3) is 0.556. The van der Waals surface area contributed by atoms with Gasteiger partial charge in [0.15, 0.2) is 0 Å². The Bertz CT molecular complexity index is 479. The molecule has 0 aromatic carbocycles. The number of rotatable bonds is 3. The van der Waals surface area contributed by atoms with Crippen LogP contribution < -0.4 is 0 Å². The van der Waals surface area contributed by atoms with Crippen LogP contribution in [0, 0.1) is 0 Å². The van der Waals surface area contributed by atoms with E-state index >= 15 is 0 Å². The van der Waals surface area contributed by atoms with Crippen molar-refractivity contribution in [3.8, 4) is 10.8 Å². The van der Waals surface area contributed by atoms with E-state index < -0.39 is 0 Å². The van der Waals surface area contributed by atoms with Crippen molar-refractivity contribution in [3.63, 3.8) is 0 Å². The number of alkyl halides is 1. The van der Waals surface area contributed by atoms with Gasteiger partial charge >= 0.3 is 0 Å². The van der Waals surface area contributed by atoms with Crippen molar-refractivity contribution < 1.29 is 4.42 Å². The highest BCUT2D eigenvalue weighted by Gasteiger charge is 2.20. The van der Waals surface area contributed by atoms with Crippen LogP contribution in [0.15, 0.2) is 4.42 Å². The normalized spacial score (nSPS) is 13.3. The minimum Gasteiger partial charge on any atom is -0.418 e. The van der Waals surface area contributed by atoms with Gasteiger partial charge in [-0.05, 0) is 24.4 Å². The Hall–Kier alpha value is -1.01. The lowest BCUT2D eigenvalue weighted by Crippen LogP contribution is -1.90. The maximum atomic E-state index is 5.86. The Kier molecular flexibility index (Phi) is 3.20. The molecule has 1 unspecified atom stereocenters. The molecule has 0 N–H and O–H groups in total.